The van der Waals surface area contributed by atoms with Gasteiger partial charge >= 0.3 is 0 Å². The molecule has 0 spiro atoms. The maximum atomic E-state index is 12.5. The molecule has 6 nitrogen and oxygen atoms in total. The number of thiazole rings is 1. The van der Waals surface area contributed by atoms with Crippen molar-refractivity contribution in [2.75, 3.05) is 25.1 Å². The minimum Gasteiger partial charge on any atom is -0.494 e. The van der Waals surface area contributed by atoms with Crippen molar-refractivity contribution in [2.24, 2.45) is 0 Å². The molecular weight excluding hydrogens is 376 g/mol. The predicted molar refractivity (Wildman–Crippen MR) is 110 cm³/mol. The number of rotatable bonds is 7. The largest absolute Gasteiger partial charge is 0.494 e. The summed E-state index contributed by atoms with van der Waals surface area (Å²) in [4.78, 5) is 17.0. The Labute approximate surface area is 167 Å². The van der Waals surface area contributed by atoms with E-state index in [4.69, 9.17) is 14.2 Å². The van der Waals surface area contributed by atoms with Crippen LogP contribution < -0.4 is 14.8 Å². The van der Waals surface area contributed by atoms with Gasteiger partial charge in [0, 0.05) is 12.2 Å². The van der Waals surface area contributed by atoms with Crippen LogP contribution in [0.4, 0.5) is 5.13 Å². The normalized spacial score (nSPS) is 16.2. The lowest BCUT2D eigenvalue weighted by Crippen LogP contribution is -2.16. The molecule has 0 aliphatic carbocycles. The number of ether oxygens (including phenoxy) is 3. The quantitative estimate of drug-likeness (QED) is 0.634. The third-order valence-corrected chi connectivity index (χ3v) is 5.40. The summed E-state index contributed by atoms with van der Waals surface area (Å²) >= 11 is 1.42. The molecular formula is C21H22N2O4S. The van der Waals surface area contributed by atoms with Gasteiger partial charge in [-0.25, -0.2) is 4.98 Å². The van der Waals surface area contributed by atoms with Gasteiger partial charge in [0.05, 0.1) is 22.9 Å². The Kier molecular flexibility index (Phi) is 5.73. The van der Waals surface area contributed by atoms with Crippen molar-refractivity contribution in [3.05, 3.63) is 48.0 Å². The van der Waals surface area contributed by atoms with Crippen LogP contribution in [-0.4, -0.2) is 36.8 Å². The number of carbonyl (C=O) groups is 1. The number of fused-ring (bicyclic) bond motifs is 1. The smallest absolute Gasteiger partial charge is 0.257 e. The van der Waals surface area contributed by atoms with Gasteiger partial charge < -0.3 is 14.2 Å². The monoisotopic (exact) mass is 398 g/mol. The first-order chi connectivity index (χ1) is 13.7. The molecule has 0 saturated carbocycles. The van der Waals surface area contributed by atoms with Gasteiger partial charge in [0.15, 0.2) is 5.13 Å². The molecule has 28 heavy (non-hydrogen) atoms. The molecule has 1 saturated heterocycles. The first-order valence-electron chi connectivity index (χ1n) is 9.40. The number of hydrogen-bond donors (Lipinski definition) is 1. The molecule has 2 heterocycles. The molecule has 1 amide bonds. The van der Waals surface area contributed by atoms with E-state index in [1.807, 2.05) is 25.1 Å². The molecule has 0 radical (unpaired) electrons. The second-order valence-corrected chi connectivity index (χ2v) is 7.54. The summed E-state index contributed by atoms with van der Waals surface area (Å²) < 4.78 is 17.8. The maximum absolute atomic E-state index is 12.5. The van der Waals surface area contributed by atoms with Gasteiger partial charge in [-0.05, 0) is 62.2 Å². The Balaban J connectivity index is 1.38. The molecule has 1 aromatic heterocycles. The standard InChI is InChI=1S/C21H22N2O4S/c1-2-25-16-9-10-18-19(12-16)28-21(22-18)23-20(24)14-5-7-15(8-6-14)27-13-17-4-3-11-26-17/h5-10,12,17H,2-4,11,13H2,1H3,(H,22,23,24)/t17-/m0/s1. The Morgan fingerprint density at radius 2 is 2.04 bits per heavy atom. The summed E-state index contributed by atoms with van der Waals surface area (Å²) in [6, 6.07) is 12.8. The molecule has 1 aliphatic rings. The Morgan fingerprint density at radius 3 is 2.79 bits per heavy atom. The van der Waals surface area contributed by atoms with Crippen molar-refractivity contribution in [1.29, 1.82) is 0 Å². The van der Waals surface area contributed by atoms with E-state index in [1.54, 1.807) is 24.3 Å². The summed E-state index contributed by atoms with van der Waals surface area (Å²) in [7, 11) is 0. The van der Waals surface area contributed by atoms with Crippen LogP contribution in [-0.2, 0) is 4.74 Å². The fraction of sp³-hybridized carbons (Fsp3) is 0.333. The van der Waals surface area contributed by atoms with Crippen molar-refractivity contribution in [1.82, 2.24) is 4.98 Å². The van der Waals surface area contributed by atoms with Crippen LogP contribution in [0.25, 0.3) is 10.2 Å². The van der Waals surface area contributed by atoms with Gasteiger partial charge in [-0.1, -0.05) is 11.3 Å². The number of nitrogens with zero attached hydrogens (tertiary/aromatic N) is 1. The van der Waals surface area contributed by atoms with E-state index in [2.05, 4.69) is 10.3 Å². The van der Waals surface area contributed by atoms with E-state index >= 15 is 0 Å². The first-order valence-corrected chi connectivity index (χ1v) is 10.2. The highest BCUT2D eigenvalue weighted by molar-refractivity contribution is 7.22. The maximum Gasteiger partial charge on any atom is 0.257 e. The third-order valence-electron chi connectivity index (χ3n) is 4.47. The first kappa shape index (κ1) is 18.7. The molecule has 4 rings (SSSR count). The Hall–Kier alpha value is -2.64. The van der Waals surface area contributed by atoms with Crippen molar-refractivity contribution >= 4 is 32.6 Å². The second kappa shape index (κ2) is 8.58. The molecule has 146 valence electrons. The molecule has 0 unspecified atom stereocenters. The van der Waals surface area contributed by atoms with Crippen LogP contribution >= 0.6 is 11.3 Å². The van der Waals surface area contributed by atoms with E-state index < -0.39 is 0 Å². The predicted octanol–water partition coefficient (Wildman–Crippen LogP) is 4.51. The van der Waals surface area contributed by atoms with Crippen LogP contribution in [0.3, 0.4) is 0 Å². The highest BCUT2D eigenvalue weighted by atomic mass is 32.1. The average Bonchev–Trinajstić information content (AvgIpc) is 3.36. The van der Waals surface area contributed by atoms with Crippen LogP contribution in [0, 0.1) is 0 Å². The molecule has 1 N–H and O–H groups in total. The van der Waals surface area contributed by atoms with Gasteiger partial charge in [-0.15, -0.1) is 0 Å². The van der Waals surface area contributed by atoms with E-state index in [-0.39, 0.29) is 12.0 Å². The molecule has 1 aliphatic heterocycles. The van der Waals surface area contributed by atoms with E-state index in [9.17, 15) is 4.79 Å². The van der Waals surface area contributed by atoms with Crippen molar-refractivity contribution in [3.63, 3.8) is 0 Å². The molecule has 0 bridgehead atoms. The Morgan fingerprint density at radius 1 is 1.21 bits per heavy atom. The molecule has 1 fully saturated rings. The lowest BCUT2D eigenvalue weighted by molar-refractivity contribution is 0.0679. The third kappa shape index (κ3) is 4.43. The van der Waals surface area contributed by atoms with E-state index in [1.165, 1.54) is 11.3 Å². The zero-order valence-electron chi connectivity index (χ0n) is 15.6. The number of nitrogens with one attached hydrogen (secondary N) is 1. The molecule has 3 aromatic rings. The highest BCUT2D eigenvalue weighted by Crippen LogP contribution is 2.29. The lowest BCUT2D eigenvalue weighted by atomic mass is 10.2. The lowest BCUT2D eigenvalue weighted by Gasteiger charge is -2.11. The molecule has 2 aromatic carbocycles. The minimum atomic E-state index is -0.199. The minimum absolute atomic E-state index is 0.172. The fourth-order valence-electron chi connectivity index (χ4n) is 3.05. The number of hydrogen-bond acceptors (Lipinski definition) is 6. The summed E-state index contributed by atoms with van der Waals surface area (Å²) in [6.45, 7) is 3.91. The second-order valence-electron chi connectivity index (χ2n) is 6.51. The number of benzene rings is 2. The summed E-state index contributed by atoms with van der Waals surface area (Å²) in [5, 5.41) is 3.42. The molecule has 7 heteroatoms. The van der Waals surface area contributed by atoms with E-state index in [0.29, 0.717) is 23.9 Å². The SMILES string of the molecule is CCOc1ccc2nc(NC(=O)c3ccc(OC[C@@H]4CCCO4)cc3)sc2c1. The number of anilines is 1. The van der Waals surface area contributed by atoms with Crippen molar-refractivity contribution in [3.8, 4) is 11.5 Å². The van der Waals surface area contributed by atoms with Crippen molar-refractivity contribution in [2.45, 2.75) is 25.9 Å². The Bertz CT molecular complexity index is 949. The number of carbonyl (C=O) groups excluding carboxylic acids is 1. The van der Waals surface area contributed by atoms with Gasteiger partial charge in [0.25, 0.3) is 5.91 Å². The summed E-state index contributed by atoms with van der Waals surface area (Å²) in [5.41, 5.74) is 1.39. The summed E-state index contributed by atoms with van der Waals surface area (Å²) in [6.07, 6.45) is 2.30. The van der Waals surface area contributed by atoms with Gasteiger partial charge in [-0.2, -0.15) is 0 Å². The zero-order valence-corrected chi connectivity index (χ0v) is 16.5. The van der Waals surface area contributed by atoms with Gasteiger partial charge in [0.2, 0.25) is 0 Å². The van der Waals surface area contributed by atoms with Gasteiger partial charge in [0.1, 0.15) is 18.1 Å². The van der Waals surface area contributed by atoms with Crippen LogP contribution in [0.2, 0.25) is 0 Å². The molecule has 1 atom stereocenters. The van der Waals surface area contributed by atoms with Crippen LogP contribution in [0.5, 0.6) is 11.5 Å². The van der Waals surface area contributed by atoms with Gasteiger partial charge in [-0.3, -0.25) is 10.1 Å². The van der Waals surface area contributed by atoms with Crippen LogP contribution in [0.15, 0.2) is 42.5 Å². The topological polar surface area (TPSA) is 69.7 Å². The zero-order chi connectivity index (χ0) is 19.3. The highest BCUT2D eigenvalue weighted by Gasteiger charge is 2.16. The summed E-state index contributed by atoms with van der Waals surface area (Å²) in [5.74, 6) is 1.33. The van der Waals surface area contributed by atoms with Crippen molar-refractivity contribution < 1.29 is 19.0 Å². The number of amides is 1. The van der Waals surface area contributed by atoms with Crippen LogP contribution in [0.1, 0.15) is 30.1 Å². The average molecular weight is 398 g/mol. The number of aromatic nitrogens is 1. The fourth-order valence-corrected chi connectivity index (χ4v) is 3.94. The van der Waals surface area contributed by atoms with E-state index in [0.717, 1.165) is 41.2 Å².